The third-order valence-electron chi connectivity index (χ3n) is 9.35. The van der Waals surface area contributed by atoms with Crippen molar-refractivity contribution in [2.75, 3.05) is 13.7 Å². The molecule has 1 aromatic rings. The fraction of sp³-hybridized carbons (Fsp3) is 0.735. The van der Waals surface area contributed by atoms with Crippen molar-refractivity contribution in [3.8, 4) is 0 Å². The Morgan fingerprint density at radius 2 is 1.78 bits per heavy atom. The predicted molar refractivity (Wildman–Crippen MR) is 181 cm³/mol. The van der Waals surface area contributed by atoms with Crippen molar-refractivity contribution < 1.29 is 48.3 Å². The van der Waals surface area contributed by atoms with Crippen molar-refractivity contribution in [1.82, 2.24) is 20.2 Å². The molecule has 2 fully saturated rings. The number of hydrogen-bond donors (Lipinski definition) is 6. The Morgan fingerprint density at radius 1 is 1.08 bits per heavy atom. The Labute approximate surface area is 296 Å². The van der Waals surface area contributed by atoms with E-state index in [0.29, 0.717) is 19.3 Å². The zero-order chi connectivity index (χ0) is 37.1. The molecule has 3 aliphatic heterocycles. The van der Waals surface area contributed by atoms with E-state index in [1.165, 1.54) is 39.0 Å². The number of nitrogens with two attached hydrogens (primary N) is 1. The maximum atomic E-state index is 13.2. The fourth-order valence-corrected chi connectivity index (χ4v) is 6.54. The first-order chi connectivity index (χ1) is 24.4. The topological polar surface area (TPSA) is 243 Å². The Morgan fingerprint density at radius 3 is 2.45 bits per heavy atom. The van der Waals surface area contributed by atoms with Crippen molar-refractivity contribution in [2.24, 2.45) is 5.73 Å². The molecule has 0 aromatic carbocycles. The lowest BCUT2D eigenvalue weighted by Gasteiger charge is -2.35. The zero-order valence-corrected chi connectivity index (χ0v) is 29.5. The van der Waals surface area contributed by atoms with Gasteiger partial charge in [-0.25, -0.2) is 4.79 Å². The first-order valence-corrected chi connectivity index (χ1v) is 17.9. The SMILES string of the molecule is CCCCCCCCCCO[C@@H]1[C@H](OC)[C@@H](C(O[C@H]2OC(C(=O)N[C@H]3CCC[C@@H](C)NC3=O)=C[C@H](O)[C@@H]2O)C(N)=O)O[C@H]1n1ccc(=O)[nH]c1=O. The number of H-pyrrole nitrogens is 1. The molecule has 4 rings (SSSR count). The van der Waals surface area contributed by atoms with Crippen LogP contribution in [0.2, 0.25) is 0 Å². The number of aromatic nitrogens is 2. The highest BCUT2D eigenvalue weighted by atomic mass is 16.7. The smallest absolute Gasteiger partial charge is 0.330 e. The average molecular weight is 724 g/mol. The molecule has 51 heavy (non-hydrogen) atoms. The van der Waals surface area contributed by atoms with Gasteiger partial charge in [-0.05, 0) is 38.7 Å². The third kappa shape index (κ3) is 10.7. The van der Waals surface area contributed by atoms with Gasteiger partial charge in [0.1, 0.15) is 36.6 Å². The van der Waals surface area contributed by atoms with Gasteiger partial charge in [0, 0.05) is 32.0 Å². The number of amides is 3. The number of nitrogens with one attached hydrogen (secondary N) is 3. The lowest BCUT2D eigenvalue weighted by atomic mass is 10.0. The molecule has 7 N–H and O–H groups in total. The van der Waals surface area contributed by atoms with E-state index in [4.69, 9.17) is 29.4 Å². The number of aliphatic hydroxyl groups is 2. The molecule has 0 spiro atoms. The summed E-state index contributed by atoms with van der Waals surface area (Å²) in [5.74, 6) is -2.75. The molecular weight excluding hydrogens is 670 g/mol. The predicted octanol–water partition coefficient (Wildman–Crippen LogP) is -0.0192. The summed E-state index contributed by atoms with van der Waals surface area (Å²) < 4.78 is 30.7. The van der Waals surface area contributed by atoms with Crippen molar-refractivity contribution in [3.63, 3.8) is 0 Å². The Kier molecular flexibility index (Phi) is 15.2. The number of hydrogen-bond acceptors (Lipinski definition) is 12. The van der Waals surface area contributed by atoms with E-state index < -0.39 is 84.0 Å². The van der Waals surface area contributed by atoms with E-state index in [-0.39, 0.29) is 18.6 Å². The van der Waals surface area contributed by atoms with Gasteiger partial charge in [-0.2, -0.15) is 0 Å². The summed E-state index contributed by atoms with van der Waals surface area (Å²) in [5, 5.41) is 26.8. The van der Waals surface area contributed by atoms with Crippen LogP contribution in [0.3, 0.4) is 0 Å². The molecule has 1 aromatic heterocycles. The third-order valence-corrected chi connectivity index (χ3v) is 9.35. The second-order valence-electron chi connectivity index (χ2n) is 13.3. The molecule has 17 nitrogen and oxygen atoms in total. The number of ether oxygens (including phenoxy) is 5. The highest BCUT2D eigenvalue weighted by Crippen LogP contribution is 2.36. The van der Waals surface area contributed by atoms with Crippen LogP contribution in [0.4, 0.5) is 0 Å². The van der Waals surface area contributed by atoms with Gasteiger partial charge in [0.25, 0.3) is 11.5 Å². The van der Waals surface area contributed by atoms with Crippen molar-refractivity contribution in [2.45, 2.75) is 146 Å². The van der Waals surface area contributed by atoms with Crippen LogP contribution in [0, 0.1) is 0 Å². The number of rotatable bonds is 18. The molecule has 0 bridgehead atoms. The van der Waals surface area contributed by atoms with E-state index >= 15 is 0 Å². The number of carbonyl (C=O) groups excluding carboxylic acids is 3. The summed E-state index contributed by atoms with van der Waals surface area (Å²) in [6.07, 6.45) is 0.890. The number of unbranched alkanes of at least 4 members (excludes halogenated alkanes) is 7. The molecule has 0 radical (unpaired) electrons. The minimum absolute atomic E-state index is 0.0590. The van der Waals surface area contributed by atoms with E-state index in [2.05, 4.69) is 22.5 Å². The monoisotopic (exact) mass is 723 g/mol. The van der Waals surface area contributed by atoms with Crippen molar-refractivity contribution >= 4 is 17.7 Å². The van der Waals surface area contributed by atoms with Gasteiger partial charge in [0.15, 0.2) is 18.1 Å². The largest absolute Gasteiger partial charge is 0.456 e. The molecule has 3 aliphatic rings. The van der Waals surface area contributed by atoms with Crippen LogP contribution >= 0.6 is 0 Å². The molecule has 4 heterocycles. The van der Waals surface area contributed by atoms with Crippen LogP contribution in [0.25, 0.3) is 0 Å². The van der Waals surface area contributed by atoms with Gasteiger partial charge in [-0.15, -0.1) is 0 Å². The van der Waals surface area contributed by atoms with Gasteiger partial charge >= 0.3 is 5.69 Å². The summed E-state index contributed by atoms with van der Waals surface area (Å²) in [6.45, 7) is 4.30. The Balaban J connectivity index is 1.49. The van der Waals surface area contributed by atoms with Crippen molar-refractivity contribution in [3.05, 3.63) is 44.9 Å². The number of aliphatic hydroxyl groups excluding tert-OH is 2. The summed E-state index contributed by atoms with van der Waals surface area (Å²) >= 11 is 0. The zero-order valence-electron chi connectivity index (χ0n) is 29.5. The maximum Gasteiger partial charge on any atom is 0.330 e. The van der Waals surface area contributed by atoms with Crippen molar-refractivity contribution in [1.29, 1.82) is 0 Å². The van der Waals surface area contributed by atoms with Crippen LogP contribution in [-0.2, 0) is 38.1 Å². The minimum Gasteiger partial charge on any atom is -0.456 e. The van der Waals surface area contributed by atoms with E-state index in [0.717, 1.165) is 42.4 Å². The molecular formula is C34H53N5O12. The average Bonchev–Trinajstić information content (AvgIpc) is 3.35. The van der Waals surface area contributed by atoms with Gasteiger partial charge in [-0.3, -0.25) is 28.7 Å². The molecule has 3 amide bonds. The maximum absolute atomic E-state index is 13.2. The fourth-order valence-electron chi connectivity index (χ4n) is 6.54. The van der Waals surface area contributed by atoms with E-state index in [9.17, 15) is 34.2 Å². The second kappa shape index (κ2) is 19.3. The second-order valence-corrected chi connectivity index (χ2v) is 13.3. The molecule has 2 saturated heterocycles. The van der Waals surface area contributed by atoms with Gasteiger partial charge in [-0.1, -0.05) is 51.9 Å². The summed E-state index contributed by atoms with van der Waals surface area (Å²) in [6, 6.07) is 0.207. The Bertz CT molecular complexity index is 1470. The summed E-state index contributed by atoms with van der Waals surface area (Å²) in [5.41, 5.74) is 4.34. The first-order valence-electron chi connectivity index (χ1n) is 17.9. The van der Waals surface area contributed by atoms with Crippen LogP contribution in [-0.4, -0.2) is 106 Å². The van der Waals surface area contributed by atoms with E-state index in [1.807, 2.05) is 6.92 Å². The molecule has 0 saturated carbocycles. The molecule has 286 valence electrons. The lowest BCUT2D eigenvalue weighted by molar-refractivity contribution is -0.241. The number of nitrogens with zero attached hydrogens (tertiary/aromatic N) is 1. The van der Waals surface area contributed by atoms with Crippen LogP contribution in [0.1, 0.15) is 90.7 Å². The molecule has 0 aliphatic carbocycles. The molecule has 17 heteroatoms. The van der Waals surface area contributed by atoms with Crippen LogP contribution in [0.5, 0.6) is 0 Å². The normalized spacial score (nSPS) is 30.1. The van der Waals surface area contributed by atoms with Crippen LogP contribution in [0.15, 0.2) is 33.7 Å². The number of aromatic amines is 1. The quantitative estimate of drug-likeness (QED) is 0.110. The molecule has 10 atom stereocenters. The minimum atomic E-state index is -1.81. The van der Waals surface area contributed by atoms with E-state index in [1.54, 1.807) is 0 Å². The standard InChI is InChI=1S/C34H53N5O12/c1-4-5-6-7-8-9-10-11-17-48-28-25(47-3)26(50-32(28)39-16-15-23(41)38-34(39)46)27(29(35)43)51-33-24(42)21(40)18-22(49-33)31(45)37-20-14-12-13-19(2)36-30(20)44/h15-16,18-21,24-28,32-33,40,42H,4-14,17H2,1-3H3,(H2,35,43)(H,36,44)(H,37,45)(H,38,41,46)/t19-,20+,21+,24+,25-,26+,27?,28-,32-,33-/m1/s1. The number of carbonyl (C=O) groups is 3. The highest BCUT2D eigenvalue weighted by Gasteiger charge is 2.53. The molecule has 1 unspecified atom stereocenters. The highest BCUT2D eigenvalue weighted by molar-refractivity contribution is 5.95. The summed E-state index contributed by atoms with van der Waals surface area (Å²) in [4.78, 5) is 65.5. The van der Waals surface area contributed by atoms with Gasteiger partial charge in [0.05, 0.1) is 0 Å². The number of primary amides is 1. The number of methoxy groups -OCH3 is 1. The summed E-state index contributed by atoms with van der Waals surface area (Å²) in [7, 11) is 1.34. The van der Waals surface area contributed by atoms with Gasteiger partial charge in [0.2, 0.25) is 18.1 Å². The van der Waals surface area contributed by atoms with Crippen LogP contribution < -0.4 is 27.6 Å². The first kappa shape index (κ1) is 40.2. The lowest BCUT2D eigenvalue weighted by Crippen LogP contribution is -2.54. The van der Waals surface area contributed by atoms with Gasteiger partial charge < -0.3 is 50.3 Å². The Hall–Kier alpha value is -3.61.